The number of H-pyrrole nitrogens is 1. The summed E-state index contributed by atoms with van der Waals surface area (Å²) < 4.78 is 29.2. The zero-order chi connectivity index (χ0) is 86.1. The first-order chi connectivity index (χ1) is 54.4. The van der Waals surface area contributed by atoms with Gasteiger partial charge in [0, 0.05) is 74.2 Å². The van der Waals surface area contributed by atoms with E-state index < -0.39 is 200 Å². The van der Waals surface area contributed by atoms with Crippen LogP contribution in [0.4, 0.5) is 0 Å². The Kier molecular flexibility index (Phi) is 44.6. The molecule has 1 saturated heterocycles. The van der Waals surface area contributed by atoms with Crippen LogP contribution in [0.2, 0.25) is 0 Å². The van der Waals surface area contributed by atoms with Crippen LogP contribution in [0.3, 0.4) is 0 Å². The van der Waals surface area contributed by atoms with Gasteiger partial charge in [-0.25, -0.2) is 9.55 Å². The molecule has 1 aliphatic rings. The highest BCUT2D eigenvalue weighted by Gasteiger charge is 2.40. The Morgan fingerprint density at radius 3 is 1.63 bits per heavy atom. The molecule has 46 heteroatoms. The van der Waals surface area contributed by atoms with Crippen molar-refractivity contribution < 1.29 is 95.6 Å². The molecule has 1 aliphatic heterocycles. The van der Waals surface area contributed by atoms with E-state index in [1.807, 2.05) is 0 Å². The van der Waals surface area contributed by atoms with Gasteiger partial charge >= 0.3 is 7.82 Å². The van der Waals surface area contributed by atoms with E-state index in [1.54, 1.807) is 13.8 Å². The van der Waals surface area contributed by atoms with E-state index in [-0.39, 0.29) is 120 Å². The average molecular weight is 1670 g/mol. The molecule has 1 aromatic heterocycles. The second-order valence-electron chi connectivity index (χ2n) is 27.9. The van der Waals surface area contributed by atoms with E-state index in [2.05, 4.69) is 88.3 Å². The van der Waals surface area contributed by atoms with Crippen LogP contribution >= 0.6 is 7.82 Å². The number of aliphatic hydroxyl groups is 1. The molecule has 44 nitrogen and oxygen atoms in total. The number of carbonyl (C=O) groups excluding carboxylic acids is 13. The normalized spacial score (nSPS) is 16.0. The molecule has 2 heterocycles. The Bertz CT molecular complexity index is 3650. The lowest BCUT2D eigenvalue weighted by Crippen LogP contribution is -2.62. The second kappa shape index (κ2) is 51.7. The fourth-order valence-electron chi connectivity index (χ4n) is 11.8. The zero-order valence-corrected chi connectivity index (χ0v) is 67.4. The first-order valence-electron chi connectivity index (χ1n) is 37.8. The van der Waals surface area contributed by atoms with E-state index in [0.29, 0.717) is 49.8 Å². The summed E-state index contributed by atoms with van der Waals surface area (Å²) in [7, 11) is -5.55. The molecule has 1 fully saturated rings. The molecule has 13 amide bonds. The number of phosphoric ester groups is 1. The summed E-state index contributed by atoms with van der Waals surface area (Å²) in [6, 6.07) is -12.4. The van der Waals surface area contributed by atoms with Crippen molar-refractivity contribution in [2.75, 3.05) is 71.5 Å². The molecule has 31 N–H and O–H groups in total. The molecule has 14 atom stereocenters. The number of nitrogens with one attached hydrogen (secondary N) is 13. The lowest BCUT2D eigenvalue weighted by atomic mass is 9.96. The van der Waals surface area contributed by atoms with Gasteiger partial charge in [0.05, 0.1) is 32.1 Å². The molecule has 0 spiro atoms. The number of unbranched alkanes of at least 4 members (excludes halogenated alkanes) is 2. The molecular weight excluding hydrogens is 1550 g/mol. The van der Waals surface area contributed by atoms with Gasteiger partial charge in [-0.15, -0.1) is 0 Å². The monoisotopic (exact) mass is 1670 g/mol. The standard InChI is InChI=1S/C69H119N24O20PS/c1-7-39(4)55(92-56(97)43(72)15-12-27-79-68(73)74)66(107)88-49(32-41-33-78-37-82-41)62(103)86-46(24-30-115(6)112)60(101)91-54(38(2)3)65(106)87-48(31-40-20-22-42(95)23-21-40)61(102)89-50(35-94)63(104)85-44(16-8-10-25-70)58(99)84-45(18-13-28-80-69(75)76)59(100)90-51(36-113-114(109,110)111)57(98)81-34-53(96)83-47(17-9-11-26-71)67(108)93-29-14-19-52(93)64(105)77-5/h20-23,33,37-39,43-52,54-55,94-95H,7-19,24-32,34-36,70-72H2,1-6H3,(H,77,105)(H,78,82)(H,81,98)(H,83,96)(H,84,99)(H,85,104)(H,86,103)(H,87,106)(H,88,107)(H,89,102)(H,90,100)(H,91,101)(H,92,97)(H4,73,74,79)(H4,75,76,80)(H2,109,110,111)/t39-,43-,44-,45-,46-,47-,48-,49-,50-,51-,52-,54-,55-,115?/m0/s1. The largest absolute Gasteiger partial charge is 0.508 e. The number of rotatable bonds is 54. The minimum Gasteiger partial charge on any atom is -0.508 e. The van der Waals surface area contributed by atoms with Gasteiger partial charge in [0.15, 0.2) is 11.9 Å². The minimum absolute atomic E-state index is 0.0704. The van der Waals surface area contributed by atoms with Gasteiger partial charge in [-0.3, -0.25) is 81.0 Å². The maximum Gasteiger partial charge on any atom is 0.469 e. The van der Waals surface area contributed by atoms with Crippen LogP contribution in [0.25, 0.3) is 0 Å². The number of guanidine groups is 2. The predicted octanol–water partition coefficient (Wildman–Crippen LogP) is -8.13. The number of phenolic OH excluding ortho intramolecular Hbond substituents is 1. The molecule has 646 valence electrons. The third-order valence-corrected chi connectivity index (χ3v) is 19.7. The summed E-state index contributed by atoms with van der Waals surface area (Å²) in [5, 5.41) is 51.0. The molecule has 1 aromatic carbocycles. The number of amides is 13. The fourth-order valence-corrected chi connectivity index (χ4v) is 12.7. The third-order valence-electron chi connectivity index (χ3n) is 18.4. The first-order valence-corrected chi connectivity index (χ1v) is 41.1. The summed E-state index contributed by atoms with van der Waals surface area (Å²) >= 11 is 0. The summed E-state index contributed by atoms with van der Waals surface area (Å²) in [5.74, 6) is -14.3. The number of imidazole rings is 1. The number of hydrogen-bond acceptors (Lipinski definition) is 24. The number of nitrogens with two attached hydrogens (primary N) is 7. The maximum atomic E-state index is 14.7. The Morgan fingerprint density at radius 1 is 0.626 bits per heavy atom. The Hall–Kier alpha value is -10.0. The number of likely N-dealkylation sites (tertiary alicyclic amines) is 1. The predicted molar refractivity (Wildman–Crippen MR) is 422 cm³/mol. The molecule has 1 unspecified atom stereocenters. The molecule has 0 radical (unpaired) electrons. The van der Waals surface area contributed by atoms with Crippen LogP contribution in [-0.4, -0.2) is 272 Å². The number of phenols is 1. The zero-order valence-electron chi connectivity index (χ0n) is 65.7. The van der Waals surface area contributed by atoms with E-state index in [0.717, 1.165) is 0 Å². The average Bonchev–Trinajstić information content (AvgIpc) is 1.52. The fraction of sp³-hybridized carbons (Fsp3) is 0.652. The number of aromatic nitrogens is 2. The smallest absolute Gasteiger partial charge is 0.469 e. The number of aliphatic hydroxyl groups excluding tert-OH is 1. The molecule has 0 saturated carbocycles. The Labute approximate surface area is 669 Å². The first kappa shape index (κ1) is 99.2. The lowest BCUT2D eigenvalue weighted by Gasteiger charge is -2.29. The number of aliphatic imine (C=N–C) groups is 2. The lowest BCUT2D eigenvalue weighted by molar-refractivity contribution is -0.141. The number of carbonyl (C=O) groups is 13. The highest BCUT2D eigenvalue weighted by molar-refractivity contribution is 7.84. The van der Waals surface area contributed by atoms with E-state index in [4.69, 9.17) is 40.1 Å². The van der Waals surface area contributed by atoms with E-state index in [1.165, 1.54) is 68.8 Å². The molecule has 0 bridgehead atoms. The van der Waals surface area contributed by atoms with Crippen molar-refractivity contribution in [2.45, 2.75) is 203 Å². The van der Waals surface area contributed by atoms with Crippen LogP contribution < -0.4 is 104 Å². The number of hydrogen-bond donors (Lipinski definition) is 24. The number of benzene rings is 1. The van der Waals surface area contributed by atoms with Gasteiger partial charge in [-0.05, 0) is 126 Å². The van der Waals surface area contributed by atoms with Gasteiger partial charge in [-0.1, -0.05) is 46.2 Å². The number of aromatic amines is 1. The molecule has 3 rings (SSSR count). The molecule has 0 aliphatic carbocycles. The minimum atomic E-state index is -5.40. The highest BCUT2D eigenvalue weighted by Crippen LogP contribution is 2.35. The van der Waals surface area contributed by atoms with Crippen molar-refractivity contribution in [3.05, 3.63) is 48.0 Å². The van der Waals surface area contributed by atoms with Crippen LogP contribution in [0.5, 0.6) is 5.75 Å². The van der Waals surface area contributed by atoms with Gasteiger partial charge in [0.2, 0.25) is 76.8 Å². The molecule has 2 aromatic rings. The van der Waals surface area contributed by atoms with E-state index in [9.17, 15) is 91.1 Å². The van der Waals surface area contributed by atoms with Crippen molar-refractivity contribution in [1.82, 2.24) is 78.7 Å². The van der Waals surface area contributed by atoms with Crippen molar-refractivity contribution in [2.24, 2.45) is 62.0 Å². The van der Waals surface area contributed by atoms with Crippen molar-refractivity contribution in [1.29, 1.82) is 0 Å². The highest BCUT2D eigenvalue weighted by atomic mass is 32.2. The van der Waals surface area contributed by atoms with Crippen LogP contribution in [-0.2, 0) is 95.1 Å². The Balaban J connectivity index is 1.96. The van der Waals surface area contributed by atoms with Crippen LogP contribution in [0.15, 0.2) is 46.8 Å². The summed E-state index contributed by atoms with van der Waals surface area (Å²) in [5.41, 5.74) is 40.2. The van der Waals surface area contributed by atoms with Gasteiger partial charge in [0.1, 0.15) is 72.2 Å². The summed E-state index contributed by atoms with van der Waals surface area (Å²) in [4.78, 5) is 219. The Morgan fingerprint density at radius 2 is 1.11 bits per heavy atom. The summed E-state index contributed by atoms with van der Waals surface area (Å²) in [6.45, 7) is 3.90. The molecule has 115 heavy (non-hydrogen) atoms. The number of nitrogens with zero attached hydrogens (tertiary/aromatic N) is 4. The number of aromatic hydroxyl groups is 1. The molecular formula is C69H119N24O20PS. The SMILES string of the molecule is CC[C@H](C)[C@H](NC(=O)[C@@H](N)CCCN=C(N)N)C(=O)N[C@@H](Cc1cnc[nH]1)C(=O)N[C@@H](CCS(C)=O)C(=O)N[C@H](C(=O)N[C@@H](Cc1ccc(O)cc1)C(=O)N[C@@H](CO)C(=O)N[C@@H](CCCCN)C(=O)N[C@@H](CCCN=C(N)N)C(=O)N[C@@H](COP(=O)(O)O)C(=O)NCC(=O)N[C@@H](CCCCN)C(=O)N1CCC[C@H]1C(=O)NC)C(C)C. The van der Waals surface area contributed by atoms with Crippen molar-refractivity contribution in [3.8, 4) is 5.75 Å². The van der Waals surface area contributed by atoms with Gasteiger partial charge < -0.3 is 134 Å². The van der Waals surface area contributed by atoms with Gasteiger partial charge in [-0.2, -0.15) is 0 Å². The maximum absolute atomic E-state index is 14.7. The van der Waals surface area contributed by atoms with E-state index >= 15 is 0 Å². The number of phosphoric acid groups is 1. The third kappa shape index (κ3) is 37.0. The topological polar surface area (TPSA) is 729 Å². The summed E-state index contributed by atoms with van der Waals surface area (Å²) in [6.07, 6.45) is 5.61. The van der Waals surface area contributed by atoms with Crippen molar-refractivity contribution in [3.63, 3.8) is 0 Å². The second-order valence-corrected chi connectivity index (χ2v) is 30.7. The van der Waals surface area contributed by atoms with Gasteiger partial charge in [0.25, 0.3) is 0 Å². The van der Waals surface area contributed by atoms with Crippen molar-refractivity contribution >= 4 is 107 Å². The number of likely N-dealkylation sites (N-methyl/N-ethyl adjacent to an activating group) is 1. The van der Waals surface area contributed by atoms with Crippen LogP contribution in [0, 0.1) is 11.8 Å². The van der Waals surface area contributed by atoms with Crippen LogP contribution in [0.1, 0.15) is 129 Å². The quantitative estimate of drug-likeness (QED) is 0.0127.